The Kier molecular flexibility index (Phi) is 4.74. The topological polar surface area (TPSA) is 69.6 Å². The summed E-state index contributed by atoms with van der Waals surface area (Å²) >= 11 is 0. The lowest BCUT2D eigenvalue weighted by Gasteiger charge is -2.34. The number of amides is 1. The van der Waals surface area contributed by atoms with E-state index in [-0.39, 0.29) is 17.5 Å². The predicted octanol–water partition coefficient (Wildman–Crippen LogP) is 1.49. The van der Waals surface area contributed by atoms with Gasteiger partial charge in [-0.3, -0.25) is 9.69 Å². The molecule has 1 aromatic rings. The van der Waals surface area contributed by atoms with E-state index in [1.165, 1.54) is 0 Å². The number of nitrogens with one attached hydrogen (secondary N) is 1. The van der Waals surface area contributed by atoms with Gasteiger partial charge in [-0.2, -0.15) is 0 Å². The van der Waals surface area contributed by atoms with Gasteiger partial charge in [-0.1, -0.05) is 18.6 Å². The Morgan fingerprint density at radius 2 is 2.20 bits per heavy atom. The zero-order chi connectivity index (χ0) is 14.5. The van der Waals surface area contributed by atoms with Crippen LogP contribution >= 0.6 is 0 Å². The summed E-state index contributed by atoms with van der Waals surface area (Å²) < 4.78 is 0. The van der Waals surface area contributed by atoms with Crippen LogP contribution in [0.5, 0.6) is 0 Å². The van der Waals surface area contributed by atoms with E-state index < -0.39 is 5.97 Å². The van der Waals surface area contributed by atoms with Crippen LogP contribution in [0.1, 0.15) is 35.2 Å². The molecule has 0 bridgehead atoms. The van der Waals surface area contributed by atoms with Gasteiger partial charge in [0.2, 0.25) is 5.91 Å². The van der Waals surface area contributed by atoms with Gasteiger partial charge in [-0.15, -0.1) is 0 Å². The lowest BCUT2D eigenvalue weighted by molar-refractivity contribution is -0.127. The van der Waals surface area contributed by atoms with Crippen LogP contribution in [0, 0.1) is 0 Å². The molecule has 1 aliphatic rings. The fourth-order valence-corrected chi connectivity index (χ4v) is 2.68. The number of likely N-dealkylation sites (N-methyl/N-ethyl adjacent to an activating group) is 1. The molecule has 0 spiro atoms. The second-order valence-corrected chi connectivity index (χ2v) is 5.10. The molecule has 0 radical (unpaired) electrons. The van der Waals surface area contributed by atoms with Gasteiger partial charge in [-0.25, -0.2) is 4.79 Å². The monoisotopic (exact) mass is 276 g/mol. The maximum atomic E-state index is 11.9. The average molecular weight is 276 g/mol. The molecule has 1 aliphatic heterocycles. The molecular formula is C15H20N2O3. The first-order valence-electron chi connectivity index (χ1n) is 6.89. The number of hydrogen-bond donors (Lipinski definition) is 2. The highest BCUT2D eigenvalue weighted by molar-refractivity contribution is 5.87. The summed E-state index contributed by atoms with van der Waals surface area (Å²) in [7, 11) is 1.65. The quantitative estimate of drug-likeness (QED) is 0.874. The minimum Gasteiger partial charge on any atom is -0.478 e. The Bertz CT molecular complexity index is 502. The molecule has 1 saturated heterocycles. The lowest BCUT2D eigenvalue weighted by atomic mass is 10.00. The van der Waals surface area contributed by atoms with Crippen LogP contribution in [0.3, 0.4) is 0 Å². The fraction of sp³-hybridized carbons (Fsp3) is 0.467. The molecule has 1 fully saturated rings. The number of nitrogens with zero attached hydrogens (tertiary/aromatic N) is 1. The average Bonchev–Trinajstić information content (AvgIpc) is 2.47. The molecule has 5 nitrogen and oxygen atoms in total. The Morgan fingerprint density at radius 3 is 2.90 bits per heavy atom. The third-order valence-electron chi connectivity index (χ3n) is 3.72. The predicted molar refractivity (Wildman–Crippen MR) is 75.5 cm³/mol. The van der Waals surface area contributed by atoms with Crippen LogP contribution in [0.15, 0.2) is 24.3 Å². The van der Waals surface area contributed by atoms with E-state index in [0.717, 1.165) is 31.4 Å². The van der Waals surface area contributed by atoms with E-state index >= 15 is 0 Å². The van der Waals surface area contributed by atoms with Crippen molar-refractivity contribution in [2.24, 2.45) is 0 Å². The number of carboxylic acids is 1. The normalized spacial score (nSPS) is 19.6. The number of hydrogen-bond acceptors (Lipinski definition) is 3. The van der Waals surface area contributed by atoms with Crippen molar-refractivity contribution in [2.45, 2.75) is 31.8 Å². The van der Waals surface area contributed by atoms with Gasteiger partial charge in [0, 0.05) is 13.6 Å². The van der Waals surface area contributed by atoms with Crippen molar-refractivity contribution in [3.8, 4) is 0 Å². The number of piperidine rings is 1. The third kappa shape index (κ3) is 3.36. The van der Waals surface area contributed by atoms with Gasteiger partial charge in [0.15, 0.2) is 0 Å². The fourth-order valence-electron chi connectivity index (χ4n) is 2.68. The number of aromatic carboxylic acids is 1. The first kappa shape index (κ1) is 14.5. The van der Waals surface area contributed by atoms with Crippen molar-refractivity contribution in [3.05, 3.63) is 35.4 Å². The van der Waals surface area contributed by atoms with Crippen LogP contribution < -0.4 is 5.32 Å². The second-order valence-electron chi connectivity index (χ2n) is 5.10. The Labute approximate surface area is 118 Å². The smallest absolute Gasteiger partial charge is 0.335 e. The van der Waals surface area contributed by atoms with Crippen LogP contribution in [0.25, 0.3) is 0 Å². The van der Waals surface area contributed by atoms with Gasteiger partial charge in [-0.05, 0) is 37.1 Å². The molecule has 1 atom stereocenters. The first-order valence-corrected chi connectivity index (χ1v) is 6.89. The highest BCUT2D eigenvalue weighted by Gasteiger charge is 2.27. The van der Waals surface area contributed by atoms with Crippen molar-refractivity contribution in [3.63, 3.8) is 0 Å². The molecule has 20 heavy (non-hydrogen) atoms. The van der Waals surface area contributed by atoms with Crippen molar-refractivity contribution in [2.75, 3.05) is 13.6 Å². The van der Waals surface area contributed by atoms with Gasteiger partial charge >= 0.3 is 5.97 Å². The van der Waals surface area contributed by atoms with E-state index in [0.29, 0.717) is 6.54 Å². The molecule has 1 unspecified atom stereocenters. The molecule has 0 aliphatic carbocycles. The molecule has 0 aromatic heterocycles. The molecule has 108 valence electrons. The summed E-state index contributed by atoms with van der Waals surface area (Å²) in [6.45, 7) is 1.48. The summed E-state index contributed by atoms with van der Waals surface area (Å²) in [6, 6.07) is 6.80. The van der Waals surface area contributed by atoms with Gasteiger partial charge < -0.3 is 10.4 Å². The molecule has 1 aromatic carbocycles. The number of carboxylic acid groups (broad SMARTS) is 1. The largest absolute Gasteiger partial charge is 0.478 e. The molecule has 0 saturated carbocycles. The van der Waals surface area contributed by atoms with Crippen molar-refractivity contribution in [1.82, 2.24) is 10.2 Å². The molecule has 2 rings (SSSR count). The van der Waals surface area contributed by atoms with Crippen LogP contribution in [-0.2, 0) is 11.3 Å². The minimum atomic E-state index is -0.923. The summed E-state index contributed by atoms with van der Waals surface area (Å²) in [4.78, 5) is 25.0. The van der Waals surface area contributed by atoms with E-state index in [4.69, 9.17) is 5.11 Å². The third-order valence-corrected chi connectivity index (χ3v) is 3.72. The summed E-state index contributed by atoms with van der Waals surface area (Å²) in [5, 5.41) is 11.7. The van der Waals surface area contributed by atoms with Gasteiger partial charge in [0.05, 0.1) is 11.6 Å². The highest BCUT2D eigenvalue weighted by Crippen LogP contribution is 2.20. The molecular weight excluding hydrogens is 256 g/mol. The highest BCUT2D eigenvalue weighted by atomic mass is 16.4. The Hall–Kier alpha value is -1.88. The minimum absolute atomic E-state index is 0.0408. The van der Waals surface area contributed by atoms with E-state index in [1.807, 2.05) is 6.07 Å². The number of likely N-dealkylation sites (tertiary alicyclic amines) is 1. The molecule has 1 heterocycles. The lowest BCUT2D eigenvalue weighted by Crippen LogP contribution is -2.48. The summed E-state index contributed by atoms with van der Waals surface area (Å²) in [6.07, 6.45) is 2.99. The number of rotatable bonds is 4. The van der Waals surface area contributed by atoms with Crippen molar-refractivity contribution >= 4 is 11.9 Å². The number of carbonyl (C=O) groups excluding carboxylic acids is 1. The zero-order valence-corrected chi connectivity index (χ0v) is 11.6. The van der Waals surface area contributed by atoms with E-state index in [2.05, 4.69) is 10.2 Å². The van der Waals surface area contributed by atoms with E-state index in [9.17, 15) is 9.59 Å². The number of carbonyl (C=O) groups is 2. The van der Waals surface area contributed by atoms with Gasteiger partial charge in [0.1, 0.15) is 0 Å². The second kappa shape index (κ2) is 6.52. The van der Waals surface area contributed by atoms with Crippen LogP contribution in [0.4, 0.5) is 0 Å². The molecule has 1 amide bonds. The standard InChI is InChI=1S/C15H20N2O3/c1-16-14(18)13-7-2-3-8-17(13)10-11-5-4-6-12(9-11)15(19)20/h4-6,9,13H,2-3,7-8,10H2,1H3,(H,16,18)(H,19,20). The first-order chi connectivity index (χ1) is 9.61. The summed E-state index contributed by atoms with van der Waals surface area (Å²) in [5.41, 5.74) is 1.22. The Morgan fingerprint density at radius 1 is 1.40 bits per heavy atom. The van der Waals surface area contributed by atoms with E-state index in [1.54, 1.807) is 25.2 Å². The van der Waals surface area contributed by atoms with Gasteiger partial charge in [0.25, 0.3) is 0 Å². The molecule has 2 N–H and O–H groups in total. The maximum absolute atomic E-state index is 11.9. The van der Waals surface area contributed by atoms with Crippen molar-refractivity contribution < 1.29 is 14.7 Å². The SMILES string of the molecule is CNC(=O)C1CCCCN1Cc1cccc(C(=O)O)c1. The zero-order valence-electron chi connectivity index (χ0n) is 11.6. The molecule has 5 heteroatoms. The summed E-state index contributed by atoms with van der Waals surface area (Å²) in [5.74, 6) is -0.882. The van der Waals surface area contributed by atoms with Crippen LogP contribution in [-0.4, -0.2) is 41.5 Å². The number of benzene rings is 1. The Balaban J connectivity index is 2.12. The van der Waals surface area contributed by atoms with Crippen LogP contribution in [0.2, 0.25) is 0 Å². The maximum Gasteiger partial charge on any atom is 0.335 e. The van der Waals surface area contributed by atoms with Crippen molar-refractivity contribution in [1.29, 1.82) is 0 Å².